The molecule has 0 saturated heterocycles. The number of fused-ring (bicyclic) bond motifs is 1. The molecule has 0 aliphatic carbocycles. The third kappa shape index (κ3) is 1.06. The van der Waals surface area contributed by atoms with Gasteiger partial charge in [0.15, 0.2) is 0 Å². The summed E-state index contributed by atoms with van der Waals surface area (Å²) in [6.07, 6.45) is 5.59. The number of imidazole rings is 1. The van der Waals surface area contributed by atoms with Gasteiger partial charge in [0, 0.05) is 27.9 Å². The maximum Gasteiger partial charge on any atom is 0.0992 e. The van der Waals surface area contributed by atoms with Crippen LogP contribution in [-0.2, 0) is 0 Å². The van der Waals surface area contributed by atoms with Gasteiger partial charge in [0.05, 0.1) is 12.0 Å². The average Bonchev–Trinajstić information content (AvgIpc) is 2.85. The molecular formula is C11H8N2S. The van der Waals surface area contributed by atoms with E-state index in [1.54, 1.807) is 17.5 Å². The normalized spacial score (nSPS) is 10.9. The number of aromatic nitrogens is 2. The largest absolute Gasteiger partial charge is 0.305 e. The van der Waals surface area contributed by atoms with Gasteiger partial charge in [-0.15, -0.1) is 11.3 Å². The molecule has 0 aliphatic rings. The Kier molecular flexibility index (Phi) is 1.64. The Morgan fingerprint density at radius 3 is 3.00 bits per heavy atom. The van der Waals surface area contributed by atoms with Gasteiger partial charge in [-0.1, -0.05) is 18.2 Å². The molecule has 68 valence electrons. The van der Waals surface area contributed by atoms with Crippen LogP contribution < -0.4 is 0 Å². The summed E-state index contributed by atoms with van der Waals surface area (Å²) in [5.74, 6) is 0. The molecule has 1 aromatic carbocycles. The van der Waals surface area contributed by atoms with Crippen LogP contribution in [0.25, 0.3) is 15.8 Å². The van der Waals surface area contributed by atoms with Crippen molar-refractivity contribution in [3.63, 3.8) is 0 Å². The van der Waals surface area contributed by atoms with E-state index in [1.807, 2.05) is 17.1 Å². The van der Waals surface area contributed by atoms with Crippen molar-refractivity contribution in [2.75, 3.05) is 0 Å². The summed E-state index contributed by atoms with van der Waals surface area (Å²) in [4.78, 5) is 4.05. The minimum Gasteiger partial charge on any atom is -0.305 e. The molecule has 2 heterocycles. The molecule has 0 unspecified atom stereocenters. The van der Waals surface area contributed by atoms with E-state index in [-0.39, 0.29) is 0 Å². The maximum atomic E-state index is 4.05. The van der Waals surface area contributed by atoms with Crippen molar-refractivity contribution < 1.29 is 0 Å². The third-order valence-corrected chi connectivity index (χ3v) is 3.19. The molecule has 3 heteroatoms. The second-order valence-corrected chi connectivity index (χ2v) is 4.00. The zero-order valence-electron chi connectivity index (χ0n) is 7.42. The van der Waals surface area contributed by atoms with Crippen molar-refractivity contribution in [2.45, 2.75) is 0 Å². The van der Waals surface area contributed by atoms with Crippen LogP contribution in [0, 0.1) is 0 Å². The summed E-state index contributed by atoms with van der Waals surface area (Å²) in [6.45, 7) is 0. The van der Waals surface area contributed by atoms with E-state index >= 15 is 0 Å². The van der Waals surface area contributed by atoms with E-state index in [4.69, 9.17) is 0 Å². The Morgan fingerprint density at radius 2 is 2.14 bits per heavy atom. The topological polar surface area (TPSA) is 17.8 Å². The third-order valence-electron chi connectivity index (χ3n) is 2.24. The van der Waals surface area contributed by atoms with Crippen molar-refractivity contribution >= 4 is 21.4 Å². The summed E-state index contributed by atoms with van der Waals surface area (Å²) >= 11 is 1.76. The molecule has 0 amide bonds. The van der Waals surface area contributed by atoms with E-state index in [0.29, 0.717) is 0 Å². The fourth-order valence-corrected chi connectivity index (χ4v) is 2.51. The average molecular weight is 200 g/mol. The van der Waals surface area contributed by atoms with Crippen molar-refractivity contribution in [2.24, 2.45) is 0 Å². The molecular weight excluding hydrogens is 192 g/mol. The lowest BCUT2D eigenvalue weighted by atomic mass is 10.2. The first-order valence-electron chi connectivity index (χ1n) is 4.40. The monoisotopic (exact) mass is 200 g/mol. The van der Waals surface area contributed by atoms with E-state index in [9.17, 15) is 0 Å². The number of hydrogen-bond donors (Lipinski definition) is 0. The molecule has 3 rings (SSSR count). The van der Waals surface area contributed by atoms with E-state index in [1.165, 1.54) is 15.8 Å². The molecule has 3 aromatic rings. The minimum atomic E-state index is 1.21. The molecule has 0 saturated carbocycles. The molecule has 0 aliphatic heterocycles. The van der Waals surface area contributed by atoms with Crippen molar-refractivity contribution in [1.29, 1.82) is 0 Å². The second-order valence-electron chi connectivity index (χ2n) is 3.09. The lowest BCUT2D eigenvalue weighted by Gasteiger charge is -1.98. The molecule has 14 heavy (non-hydrogen) atoms. The van der Waals surface area contributed by atoms with E-state index < -0.39 is 0 Å². The van der Waals surface area contributed by atoms with E-state index in [2.05, 4.69) is 34.6 Å². The van der Waals surface area contributed by atoms with Crippen LogP contribution in [0.15, 0.2) is 48.4 Å². The Bertz CT molecular complexity index is 551. The summed E-state index contributed by atoms with van der Waals surface area (Å²) in [6, 6.07) is 8.41. The predicted octanol–water partition coefficient (Wildman–Crippen LogP) is 3.09. The van der Waals surface area contributed by atoms with Gasteiger partial charge < -0.3 is 4.57 Å². The number of benzene rings is 1. The van der Waals surface area contributed by atoms with Crippen molar-refractivity contribution in [1.82, 2.24) is 9.55 Å². The van der Waals surface area contributed by atoms with Crippen LogP contribution in [0.5, 0.6) is 0 Å². The molecule has 0 bridgehead atoms. The Balaban J connectivity index is 2.33. The molecule has 0 radical (unpaired) electrons. The molecule has 0 N–H and O–H groups in total. The SMILES string of the molecule is c1ccc2c(-n3ccnc3)csc2c1. The highest BCUT2D eigenvalue weighted by atomic mass is 32.1. The smallest absolute Gasteiger partial charge is 0.0992 e. The number of thiophene rings is 1. The quantitative estimate of drug-likeness (QED) is 0.590. The second kappa shape index (κ2) is 2.96. The summed E-state index contributed by atoms with van der Waals surface area (Å²) in [5, 5.41) is 3.45. The Morgan fingerprint density at radius 1 is 1.21 bits per heavy atom. The highest BCUT2D eigenvalue weighted by Gasteiger charge is 2.03. The van der Waals surface area contributed by atoms with Crippen LogP contribution in [0.2, 0.25) is 0 Å². The minimum absolute atomic E-state index is 1.21. The molecule has 2 nitrogen and oxygen atoms in total. The fraction of sp³-hybridized carbons (Fsp3) is 0. The van der Waals surface area contributed by atoms with Gasteiger partial charge in [-0.05, 0) is 6.07 Å². The van der Waals surface area contributed by atoms with Crippen LogP contribution in [0.4, 0.5) is 0 Å². The van der Waals surface area contributed by atoms with Gasteiger partial charge in [0.2, 0.25) is 0 Å². The number of nitrogens with zero attached hydrogens (tertiary/aromatic N) is 2. The summed E-state index contributed by atoms with van der Waals surface area (Å²) in [5.41, 5.74) is 1.21. The van der Waals surface area contributed by atoms with Gasteiger partial charge in [-0.3, -0.25) is 0 Å². The van der Waals surface area contributed by atoms with Crippen molar-refractivity contribution in [3.05, 3.63) is 48.4 Å². The maximum absolute atomic E-state index is 4.05. The van der Waals surface area contributed by atoms with Gasteiger partial charge in [-0.2, -0.15) is 0 Å². The standard InChI is InChI=1S/C11H8N2S/c1-2-4-11-9(3-1)10(7-14-11)13-6-5-12-8-13/h1-8H. The Labute approximate surface area is 85.4 Å². The first-order valence-corrected chi connectivity index (χ1v) is 5.28. The van der Waals surface area contributed by atoms with Crippen LogP contribution in [-0.4, -0.2) is 9.55 Å². The predicted molar refractivity (Wildman–Crippen MR) is 58.9 cm³/mol. The lowest BCUT2D eigenvalue weighted by Crippen LogP contribution is -1.86. The Hall–Kier alpha value is -1.61. The van der Waals surface area contributed by atoms with Gasteiger partial charge in [-0.25, -0.2) is 4.98 Å². The van der Waals surface area contributed by atoms with Crippen molar-refractivity contribution in [3.8, 4) is 5.69 Å². The fourth-order valence-electron chi connectivity index (χ4n) is 1.57. The van der Waals surface area contributed by atoms with Gasteiger partial charge >= 0.3 is 0 Å². The number of rotatable bonds is 1. The molecule has 0 atom stereocenters. The first-order chi connectivity index (χ1) is 6.95. The zero-order valence-corrected chi connectivity index (χ0v) is 8.24. The molecule has 2 aromatic heterocycles. The highest BCUT2D eigenvalue weighted by molar-refractivity contribution is 7.17. The van der Waals surface area contributed by atoms with Crippen LogP contribution in [0.3, 0.4) is 0 Å². The summed E-state index contributed by atoms with van der Waals surface area (Å²) in [7, 11) is 0. The summed E-state index contributed by atoms with van der Waals surface area (Å²) < 4.78 is 3.36. The number of hydrogen-bond acceptors (Lipinski definition) is 2. The van der Waals surface area contributed by atoms with Crippen LogP contribution in [0.1, 0.15) is 0 Å². The highest BCUT2D eigenvalue weighted by Crippen LogP contribution is 2.28. The van der Waals surface area contributed by atoms with Gasteiger partial charge in [0.25, 0.3) is 0 Å². The van der Waals surface area contributed by atoms with E-state index in [0.717, 1.165) is 0 Å². The molecule has 0 fully saturated rings. The lowest BCUT2D eigenvalue weighted by molar-refractivity contribution is 1.08. The van der Waals surface area contributed by atoms with Crippen LogP contribution >= 0.6 is 11.3 Å². The van der Waals surface area contributed by atoms with Gasteiger partial charge in [0.1, 0.15) is 0 Å². The first kappa shape index (κ1) is 7.76. The molecule has 0 spiro atoms. The zero-order chi connectivity index (χ0) is 9.38.